The number of aromatic nitrogens is 3. The maximum Gasteiger partial charge on any atom is 0.499 e. The number of hydrogen-bond donors (Lipinski definition) is 2. The van der Waals surface area contributed by atoms with Crippen molar-refractivity contribution in [2.24, 2.45) is 0 Å². The first kappa shape index (κ1) is 26.8. The van der Waals surface area contributed by atoms with Crippen molar-refractivity contribution in [3.8, 4) is 28.6 Å². The van der Waals surface area contributed by atoms with E-state index in [9.17, 15) is 22.0 Å². The summed E-state index contributed by atoms with van der Waals surface area (Å²) in [6, 6.07) is 19.3. The number of methoxy groups -OCH3 is 1. The van der Waals surface area contributed by atoms with Crippen LogP contribution in [0.2, 0.25) is 0 Å². The lowest BCUT2D eigenvalue weighted by molar-refractivity contribution is -0.360. The Morgan fingerprint density at radius 1 is 0.895 bits per heavy atom. The van der Waals surface area contributed by atoms with Crippen LogP contribution in [0.25, 0.3) is 17.1 Å². The molecule has 38 heavy (non-hydrogen) atoms. The van der Waals surface area contributed by atoms with Gasteiger partial charge < -0.3 is 20.1 Å². The molecule has 1 heterocycles. The van der Waals surface area contributed by atoms with Crippen LogP contribution in [-0.2, 0) is 6.54 Å². The largest absolute Gasteiger partial charge is 0.499 e. The molecule has 3 aromatic carbocycles. The van der Waals surface area contributed by atoms with Crippen molar-refractivity contribution in [1.82, 2.24) is 20.1 Å². The number of nitrogens with one attached hydrogen (secondary N) is 2. The maximum atomic E-state index is 13.1. The molecule has 0 unspecified atom stereocenters. The van der Waals surface area contributed by atoms with Crippen LogP contribution in [0.3, 0.4) is 0 Å². The van der Waals surface area contributed by atoms with Gasteiger partial charge in [-0.2, -0.15) is 22.0 Å². The molecule has 0 aliphatic carbocycles. The average Bonchev–Trinajstić information content (AvgIpc) is 3.38. The van der Waals surface area contributed by atoms with E-state index in [4.69, 9.17) is 17.0 Å². The Balaban J connectivity index is 1.33. The number of benzene rings is 3. The van der Waals surface area contributed by atoms with E-state index < -0.39 is 18.0 Å². The first-order valence-electron chi connectivity index (χ1n) is 11.0. The molecule has 7 nitrogen and oxygen atoms in total. The fourth-order valence-electron chi connectivity index (χ4n) is 3.20. The number of halogens is 5. The van der Waals surface area contributed by atoms with Crippen LogP contribution >= 0.6 is 12.2 Å². The molecule has 0 saturated carbocycles. The van der Waals surface area contributed by atoms with E-state index >= 15 is 0 Å². The first-order valence-corrected chi connectivity index (χ1v) is 11.4. The van der Waals surface area contributed by atoms with Crippen LogP contribution in [-0.4, -0.2) is 39.3 Å². The van der Waals surface area contributed by atoms with Crippen molar-refractivity contribution in [3.63, 3.8) is 0 Å². The van der Waals surface area contributed by atoms with Gasteiger partial charge in [-0.1, -0.05) is 24.3 Å². The van der Waals surface area contributed by atoms with Gasteiger partial charge in [-0.15, -0.1) is 5.10 Å². The summed E-state index contributed by atoms with van der Waals surface area (Å²) in [7, 11) is 1.59. The highest BCUT2D eigenvalue weighted by atomic mass is 32.1. The third-order valence-corrected chi connectivity index (χ3v) is 5.43. The van der Waals surface area contributed by atoms with Crippen LogP contribution < -0.4 is 20.1 Å². The molecular weight excluding hydrogens is 529 g/mol. The molecule has 4 rings (SSSR count). The molecule has 13 heteroatoms. The van der Waals surface area contributed by atoms with Crippen LogP contribution in [0.1, 0.15) is 5.56 Å². The SMILES string of the molecule is COc1ccc(NC(=S)NCc2ccc(-c3ncn(-c4ccc(OC(F)(F)C(F)(F)F)cc4)n3)cc2)cc1. The van der Waals surface area contributed by atoms with E-state index in [1.165, 1.54) is 23.1 Å². The molecular formula is C25H20F5N5O2S. The van der Waals surface area contributed by atoms with Gasteiger partial charge >= 0.3 is 12.3 Å². The number of alkyl halides is 5. The molecule has 4 aromatic rings. The van der Waals surface area contributed by atoms with Gasteiger partial charge in [0.05, 0.1) is 12.8 Å². The fraction of sp³-hybridized carbons (Fsp3) is 0.160. The normalized spacial score (nSPS) is 11.6. The first-order chi connectivity index (χ1) is 18.0. The Labute approximate surface area is 219 Å². The average molecular weight is 550 g/mol. The molecule has 0 aliphatic rings. The molecule has 0 amide bonds. The van der Waals surface area contributed by atoms with Crippen LogP contribution in [0.15, 0.2) is 79.1 Å². The minimum absolute atomic E-state index is 0.394. The van der Waals surface area contributed by atoms with Crippen molar-refractivity contribution in [2.45, 2.75) is 18.8 Å². The van der Waals surface area contributed by atoms with Gasteiger partial charge in [-0.05, 0) is 66.3 Å². The molecule has 2 N–H and O–H groups in total. The monoisotopic (exact) mass is 549 g/mol. The van der Waals surface area contributed by atoms with Crippen molar-refractivity contribution in [2.75, 3.05) is 12.4 Å². The summed E-state index contributed by atoms with van der Waals surface area (Å²) in [5.74, 6) is 0.498. The minimum Gasteiger partial charge on any atom is -0.497 e. The number of hydrogen-bond acceptors (Lipinski definition) is 5. The Morgan fingerprint density at radius 2 is 1.53 bits per heavy atom. The quantitative estimate of drug-likeness (QED) is 0.208. The Bertz CT molecular complexity index is 1380. The van der Waals surface area contributed by atoms with Crippen LogP contribution in [0, 0.1) is 0 Å². The molecule has 0 saturated heterocycles. The van der Waals surface area contributed by atoms with Crippen molar-refractivity contribution in [1.29, 1.82) is 0 Å². The van der Waals surface area contributed by atoms with Gasteiger partial charge in [0.15, 0.2) is 10.9 Å². The second kappa shape index (κ2) is 11.0. The smallest absolute Gasteiger partial charge is 0.497 e. The summed E-state index contributed by atoms with van der Waals surface area (Å²) >= 11 is 5.33. The lowest BCUT2D eigenvalue weighted by Crippen LogP contribution is -2.41. The van der Waals surface area contributed by atoms with Gasteiger partial charge in [0.2, 0.25) is 0 Å². The molecule has 0 spiro atoms. The van der Waals surface area contributed by atoms with E-state index in [-0.39, 0.29) is 0 Å². The molecule has 198 valence electrons. The predicted octanol–water partition coefficient (Wildman–Crippen LogP) is 5.96. The summed E-state index contributed by atoms with van der Waals surface area (Å²) in [5.41, 5.74) is 2.89. The summed E-state index contributed by atoms with van der Waals surface area (Å²) in [6.07, 6.45) is -9.72. The standard InChI is InChI=1S/C25H20F5N5O2S/c1-36-20-10-6-18(7-11-20)33-23(38)31-14-16-2-4-17(5-3-16)22-32-15-35(34-22)19-8-12-21(13-9-19)37-25(29,30)24(26,27)28/h2-13,15H,14H2,1H3,(H2,31,33,38). The number of rotatable bonds is 8. The highest BCUT2D eigenvalue weighted by Crippen LogP contribution is 2.37. The fourth-order valence-corrected chi connectivity index (χ4v) is 3.39. The van der Waals surface area contributed by atoms with Crippen molar-refractivity contribution >= 4 is 23.0 Å². The Hall–Kier alpha value is -4.26. The van der Waals surface area contributed by atoms with Gasteiger partial charge in [-0.3, -0.25) is 0 Å². The van der Waals surface area contributed by atoms with Gasteiger partial charge in [0.25, 0.3) is 0 Å². The third kappa shape index (κ3) is 6.54. The summed E-state index contributed by atoms with van der Waals surface area (Å²) < 4.78 is 73.4. The lowest BCUT2D eigenvalue weighted by Gasteiger charge is -2.20. The number of anilines is 1. The van der Waals surface area contributed by atoms with E-state index in [2.05, 4.69) is 25.5 Å². The molecule has 0 bridgehead atoms. The van der Waals surface area contributed by atoms with Crippen LogP contribution in [0.5, 0.6) is 11.5 Å². The number of ether oxygens (including phenoxy) is 2. The second-order valence-electron chi connectivity index (χ2n) is 7.86. The number of nitrogens with zero attached hydrogens (tertiary/aromatic N) is 3. The topological polar surface area (TPSA) is 73.2 Å². The van der Waals surface area contributed by atoms with Gasteiger partial charge in [0, 0.05) is 17.8 Å². The maximum absolute atomic E-state index is 13.1. The molecule has 1 aromatic heterocycles. The summed E-state index contributed by atoms with van der Waals surface area (Å²) in [5, 5.41) is 11.0. The highest BCUT2D eigenvalue weighted by Gasteiger charge is 2.61. The zero-order valence-electron chi connectivity index (χ0n) is 19.7. The highest BCUT2D eigenvalue weighted by molar-refractivity contribution is 7.80. The molecule has 0 fully saturated rings. The molecule has 0 aliphatic heterocycles. The van der Waals surface area contributed by atoms with Gasteiger partial charge in [0.1, 0.15) is 17.8 Å². The zero-order valence-corrected chi connectivity index (χ0v) is 20.5. The molecule has 0 radical (unpaired) electrons. The van der Waals surface area contributed by atoms with Gasteiger partial charge in [-0.25, -0.2) is 9.67 Å². The Kier molecular flexibility index (Phi) is 7.76. The van der Waals surface area contributed by atoms with E-state index in [1.807, 2.05) is 48.5 Å². The molecule has 0 atom stereocenters. The minimum atomic E-state index is -5.82. The van der Waals surface area contributed by atoms with Crippen molar-refractivity contribution in [3.05, 3.63) is 84.7 Å². The van der Waals surface area contributed by atoms with E-state index in [1.54, 1.807) is 7.11 Å². The zero-order chi connectivity index (χ0) is 27.3. The number of thiocarbonyl (C=S) groups is 1. The Morgan fingerprint density at radius 3 is 2.13 bits per heavy atom. The van der Waals surface area contributed by atoms with Crippen molar-refractivity contribution < 1.29 is 31.4 Å². The van der Waals surface area contributed by atoms with E-state index in [0.717, 1.165) is 34.7 Å². The van der Waals surface area contributed by atoms with Crippen LogP contribution in [0.4, 0.5) is 27.6 Å². The summed E-state index contributed by atoms with van der Waals surface area (Å²) in [4.78, 5) is 4.24. The summed E-state index contributed by atoms with van der Waals surface area (Å²) in [6.45, 7) is 0.478. The third-order valence-electron chi connectivity index (χ3n) is 5.18. The second-order valence-corrected chi connectivity index (χ2v) is 8.26. The predicted molar refractivity (Wildman–Crippen MR) is 134 cm³/mol. The lowest BCUT2D eigenvalue weighted by atomic mass is 10.1. The van der Waals surface area contributed by atoms with E-state index in [0.29, 0.717) is 23.2 Å².